The van der Waals surface area contributed by atoms with E-state index in [1.54, 1.807) is 6.08 Å². The van der Waals surface area contributed by atoms with Crippen molar-refractivity contribution >= 4 is 5.97 Å². The largest absolute Gasteiger partial charge is 0.481 e. The summed E-state index contributed by atoms with van der Waals surface area (Å²) >= 11 is 0. The average Bonchev–Trinajstić information content (AvgIpc) is 1.86. The third kappa shape index (κ3) is 7.06. The molecule has 0 rings (SSSR count). The second-order valence-electron chi connectivity index (χ2n) is 2.38. The van der Waals surface area contributed by atoms with Gasteiger partial charge < -0.3 is 10.2 Å². The molecule has 0 aromatic heterocycles. The van der Waals surface area contributed by atoms with Crippen LogP contribution in [0.15, 0.2) is 12.2 Å². The smallest absolute Gasteiger partial charge is 0.306 e. The maximum absolute atomic E-state index is 10.0. The Morgan fingerprint density at radius 1 is 1.64 bits per heavy atom. The van der Waals surface area contributed by atoms with Crippen LogP contribution in [0, 0.1) is 0 Å². The fourth-order valence-electron chi connectivity index (χ4n) is 0.667. The lowest BCUT2D eigenvalue weighted by molar-refractivity contribution is -0.138. The normalized spacial score (nSPS) is 13.6. The molecule has 1 unspecified atom stereocenters. The molecule has 64 valence electrons. The molecule has 0 aromatic carbocycles. The molecular formula is C8H14O3. The Morgan fingerprint density at radius 2 is 2.27 bits per heavy atom. The number of aliphatic carboxylic acids is 1. The first kappa shape index (κ1) is 10.2. The van der Waals surface area contributed by atoms with Gasteiger partial charge in [-0.15, -0.1) is 0 Å². The molecule has 0 bridgehead atoms. The van der Waals surface area contributed by atoms with Crippen LogP contribution in [0.2, 0.25) is 0 Å². The summed E-state index contributed by atoms with van der Waals surface area (Å²) in [4.78, 5) is 10.0. The highest BCUT2D eigenvalue weighted by Crippen LogP contribution is 1.96. The lowest BCUT2D eigenvalue weighted by atomic mass is 10.2. The van der Waals surface area contributed by atoms with Crippen LogP contribution >= 0.6 is 0 Å². The molecule has 1 atom stereocenters. The van der Waals surface area contributed by atoms with E-state index in [1.165, 1.54) is 6.08 Å². The van der Waals surface area contributed by atoms with Gasteiger partial charge in [-0.1, -0.05) is 25.5 Å². The second kappa shape index (κ2) is 5.92. The molecule has 0 saturated heterocycles. The van der Waals surface area contributed by atoms with Crippen LogP contribution in [0.25, 0.3) is 0 Å². The molecule has 0 aliphatic carbocycles. The summed E-state index contributed by atoms with van der Waals surface area (Å²) in [6.45, 7) is 2.02. The molecule has 0 saturated carbocycles. The van der Waals surface area contributed by atoms with Crippen LogP contribution in [0.3, 0.4) is 0 Å². The van der Waals surface area contributed by atoms with Gasteiger partial charge in [0.05, 0.1) is 12.5 Å². The number of carboxylic acids is 1. The van der Waals surface area contributed by atoms with Gasteiger partial charge in [0.25, 0.3) is 0 Å². The van der Waals surface area contributed by atoms with Crippen LogP contribution in [0.5, 0.6) is 0 Å². The molecule has 0 heterocycles. The van der Waals surface area contributed by atoms with Crippen molar-refractivity contribution in [3.05, 3.63) is 12.2 Å². The molecule has 0 aliphatic rings. The highest BCUT2D eigenvalue weighted by molar-refractivity contribution is 5.67. The molecule has 3 heteroatoms. The predicted octanol–water partition coefficient (Wildman–Crippen LogP) is 1.18. The van der Waals surface area contributed by atoms with E-state index >= 15 is 0 Å². The minimum Gasteiger partial charge on any atom is -0.481 e. The number of rotatable bonds is 5. The number of carboxylic acid groups (broad SMARTS) is 1. The Kier molecular flexibility index (Phi) is 5.47. The first-order chi connectivity index (χ1) is 5.16. The molecule has 0 fully saturated rings. The fourth-order valence-corrected chi connectivity index (χ4v) is 0.667. The van der Waals surface area contributed by atoms with Crippen LogP contribution in [-0.2, 0) is 4.79 Å². The highest BCUT2D eigenvalue weighted by atomic mass is 16.4. The second-order valence-corrected chi connectivity index (χ2v) is 2.38. The summed E-state index contributed by atoms with van der Waals surface area (Å²) in [7, 11) is 0. The predicted molar refractivity (Wildman–Crippen MR) is 42.3 cm³/mol. The third-order valence-electron chi connectivity index (χ3n) is 1.20. The number of carbonyl (C=O) groups is 1. The van der Waals surface area contributed by atoms with Crippen molar-refractivity contribution < 1.29 is 15.0 Å². The molecule has 2 N–H and O–H groups in total. The molecule has 11 heavy (non-hydrogen) atoms. The molecule has 0 aliphatic heterocycles. The van der Waals surface area contributed by atoms with Gasteiger partial charge in [-0.2, -0.15) is 0 Å². The summed E-state index contributed by atoms with van der Waals surface area (Å²) in [6.07, 6.45) is 4.18. The van der Waals surface area contributed by atoms with Crippen molar-refractivity contribution in [1.29, 1.82) is 0 Å². The monoisotopic (exact) mass is 158 g/mol. The maximum atomic E-state index is 10.0. The molecule has 3 nitrogen and oxygen atoms in total. The quantitative estimate of drug-likeness (QED) is 0.590. The summed E-state index contributed by atoms with van der Waals surface area (Å²) in [5.41, 5.74) is 0. The van der Waals surface area contributed by atoms with E-state index < -0.39 is 12.1 Å². The number of unbranched alkanes of at least 4 members (excludes halogenated alkanes) is 1. The average molecular weight is 158 g/mol. The number of allylic oxidation sites excluding steroid dienone is 1. The van der Waals surface area contributed by atoms with E-state index in [9.17, 15) is 4.79 Å². The summed E-state index contributed by atoms with van der Waals surface area (Å²) in [6, 6.07) is 0. The van der Waals surface area contributed by atoms with Crippen molar-refractivity contribution in [1.82, 2.24) is 0 Å². The summed E-state index contributed by atoms with van der Waals surface area (Å²) < 4.78 is 0. The third-order valence-corrected chi connectivity index (χ3v) is 1.20. The number of aliphatic hydroxyl groups excluding tert-OH is 1. The zero-order valence-electron chi connectivity index (χ0n) is 6.66. The van der Waals surface area contributed by atoms with E-state index in [0.717, 1.165) is 12.8 Å². The highest BCUT2D eigenvalue weighted by Gasteiger charge is 2.03. The SMILES string of the molecule is CCC/C=C/C(O)CC(=O)O. The van der Waals surface area contributed by atoms with E-state index in [-0.39, 0.29) is 6.42 Å². The molecule has 0 amide bonds. The van der Waals surface area contributed by atoms with Crippen molar-refractivity contribution in [3.8, 4) is 0 Å². The minimum absolute atomic E-state index is 0.208. The zero-order valence-corrected chi connectivity index (χ0v) is 6.66. The van der Waals surface area contributed by atoms with Gasteiger partial charge >= 0.3 is 5.97 Å². The van der Waals surface area contributed by atoms with Gasteiger partial charge in [-0.05, 0) is 6.42 Å². The maximum Gasteiger partial charge on any atom is 0.306 e. The lowest BCUT2D eigenvalue weighted by Gasteiger charge is -1.98. The van der Waals surface area contributed by atoms with Gasteiger partial charge in [-0.25, -0.2) is 0 Å². The van der Waals surface area contributed by atoms with E-state index in [1.807, 2.05) is 6.92 Å². The van der Waals surface area contributed by atoms with Gasteiger partial charge in [0.15, 0.2) is 0 Å². The van der Waals surface area contributed by atoms with Gasteiger partial charge in [0.2, 0.25) is 0 Å². The van der Waals surface area contributed by atoms with Crippen molar-refractivity contribution in [2.45, 2.75) is 32.3 Å². The molecule has 0 spiro atoms. The first-order valence-corrected chi connectivity index (χ1v) is 3.73. The number of hydrogen-bond acceptors (Lipinski definition) is 2. The van der Waals surface area contributed by atoms with Crippen LogP contribution < -0.4 is 0 Å². The van der Waals surface area contributed by atoms with Crippen LogP contribution in [-0.4, -0.2) is 22.3 Å². The van der Waals surface area contributed by atoms with E-state index in [0.29, 0.717) is 0 Å². The Hall–Kier alpha value is -0.830. The number of aliphatic hydroxyl groups is 1. The Labute approximate surface area is 66.4 Å². The number of hydrogen-bond donors (Lipinski definition) is 2. The Bertz CT molecular complexity index is 140. The Balaban J connectivity index is 3.50. The summed E-state index contributed by atoms with van der Waals surface area (Å²) in [5, 5.41) is 17.2. The minimum atomic E-state index is -0.973. The molecule has 0 aromatic rings. The van der Waals surface area contributed by atoms with Crippen molar-refractivity contribution in [2.24, 2.45) is 0 Å². The standard InChI is InChI=1S/C8H14O3/c1-2-3-4-5-7(9)6-8(10)11/h4-5,7,9H,2-3,6H2,1H3,(H,10,11)/b5-4+. The first-order valence-electron chi connectivity index (χ1n) is 3.73. The van der Waals surface area contributed by atoms with Crippen molar-refractivity contribution in [3.63, 3.8) is 0 Å². The van der Waals surface area contributed by atoms with E-state index in [4.69, 9.17) is 10.2 Å². The van der Waals surface area contributed by atoms with Gasteiger partial charge in [0, 0.05) is 0 Å². The van der Waals surface area contributed by atoms with Gasteiger partial charge in [0.1, 0.15) is 0 Å². The van der Waals surface area contributed by atoms with Crippen LogP contribution in [0.1, 0.15) is 26.2 Å². The van der Waals surface area contributed by atoms with Crippen molar-refractivity contribution in [2.75, 3.05) is 0 Å². The van der Waals surface area contributed by atoms with Crippen LogP contribution in [0.4, 0.5) is 0 Å². The van der Waals surface area contributed by atoms with E-state index in [2.05, 4.69) is 0 Å². The lowest BCUT2D eigenvalue weighted by Crippen LogP contribution is -2.09. The fraction of sp³-hybridized carbons (Fsp3) is 0.625. The topological polar surface area (TPSA) is 57.5 Å². The summed E-state index contributed by atoms with van der Waals surface area (Å²) in [5.74, 6) is -0.973. The Morgan fingerprint density at radius 3 is 2.73 bits per heavy atom. The molecule has 0 radical (unpaired) electrons. The van der Waals surface area contributed by atoms with Gasteiger partial charge in [-0.3, -0.25) is 4.79 Å². The molecular weight excluding hydrogens is 144 g/mol. The zero-order chi connectivity index (χ0) is 8.69.